The average Bonchev–Trinajstić information content (AvgIpc) is 3.10. The number of hydrogen-bond acceptors (Lipinski definition) is 4. The van der Waals surface area contributed by atoms with E-state index in [1.54, 1.807) is 0 Å². The van der Waals surface area contributed by atoms with E-state index in [1.807, 2.05) is 37.3 Å². The van der Waals surface area contributed by atoms with Crippen molar-refractivity contribution in [1.29, 1.82) is 0 Å². The van der Waals surface area contributed by atoms with Gasteiger partial charge in [-0.1, -0.05) is 48.3 Å². The molecule has 4 heteroatoms. The summed E-state index contributed by atoms with van der Waals surface area (Å²) in [5.41, 5.74) is 6.63. The fourth-order valence-corrected chi connectivity index (χ4v) is 2.70. The first-order chi connectivity index (χ1) is 9.18. The molecule has 19 heavy (non-hydrogen) atoms. The van der Waals surface area contributed by atoms with Gasteiger partial charge in [-0.2, -0.15) is 4.98 Å². The van der Waals surface area contributed by atoms with Crippen molar-refractivity contribution in [3.8, 4) is 0 Å². The maximum absolute atomic E-state index is 6.38. The third kappa shape index (κ3) is 2.28. The van der Waals surface area contributed by atoms with Crippen molar-refractivity contribution in [2.45, 2.75) is 44.1 Å². The zero-order valence-corrected chi connectivity index (χ0v) is 11.2. The van der Waals surface area contributed by atoms with Gasteiger partial charge in [-0.25, -0.2) is 0 Å². The zero-order valence-electron chi connectivity index (χ0n) is 11.2. The monoisotopic (exact) mass is 257 g/mol. The Balaban J connectivity index is 1.89. The molecule has 1 fully saturated rings. The molecule has 1 heterocycles. The Hall–Kier alpha value is -1.68. The minimum atomic E-state index is -0.731. The quantitative estimate of drug-likeness (QED) is 0.918. The average molecular weight is 257 g/mol. The molecule has 1 saturated carbocycles. The smallest absolute Gasteiger partial charge is 0.251 e. The number of hydrogen-bond donors (Lipinski definition) is 1. The normalized spacial score (nSPS) is 19.5. The van der Waals surface area contributed by atoms with Crippen LogP contribution in [0.5, 0.6) is 0 Å². The summed E-state index contributed by atoms with van der Waals surface area (Å²) in [6.07, 6.45) is 4.83. The Morgan fingerprint density at radius 1 is 1.21 bits per heavy atom. The highest BCUT2D eigenvalue weighted by molar-refractivity contribution is 5.29. The molecule has 0 aliphatic heterocycles. The van der Waals surface area contributed by atoms with E-state index in [0.29, 0.717) is 11.8 Å². The number of nitrogens with zero attached hydrogens (tertiary/aromatic N) is 2. The van der Waals surface area contributed by atoms with Crippen molar-refractivity contribution < 1.29 is 4.52 Å². The number of nitrogens with two attached hydrogens (primary N) is 1. The summed E-state index contributed by atoms with van der Waals surface area (Å²) in [5, 5.41) is 4.12. The molecule has 3 rings (SSSR count). The first kappa shape index (κ1) is 12.4. The van der Waals surface area contributed by atoms with E-state index in [1.165, 1.54) is 12.8 Å². The minimum absolute atomic E-state index is 0.448. The molecule has 0 amide bonds. The molecule has 1 aliphatic rings. The largest absolute Gasteiger partial charge is 0.337 e. The molecule has 1 aliphatic carbocycles. The van der Waals surface area contributed by atoms with Crippen LogP contribution in [0.15, 0.2) is 34.9 Å². The summed E-state index contributed by atoms with van der Waals surface area (Å²) < 4.78 is 5.41. The first-order valence-corrected chi connectivity index (χ1v) is 6.86. The van der Waals surface area contributed by atoms with E-state index >= 15 is 0 Å². The lowest BCUT2D eigenvalue weighted by Crippen LogP contribution is -2.34. The van der Waals surface area contributed by atoms with Gasteiger partial charge in [0.2, 0.25) is 0 Å². The van der Waals surface area contributed by atoms with Crippen LogP contribution in [-0.4, -0.2) is 10.1 Å². The first-order valence-electron chi connectivity index (χ1n) is 6.86. The predicted molar refractivity (Wildman–Crippen MR) is 72.6 cm³/mol. The lowest BCUT2D eigenvalue weighted by molar-refractivity contribution is 0.321. The Labute approximate surface area is 113 Å². The number of rotatable bonds is 3. The highest BCUT2D eigenvalue weighted by Gasteiger charge is 2.32. The Morgan fingerprint density at radius 3 is 2.58 bits per heavy atom. The van der Waals surface area contributed by atoms with Gasteiger partial charge in [0.1, 0.15) is 5.54 Å². The lowest BCUT2D eigenvalue weighted by atomic mass is 9.93. The standard InChI is InChI=1S/C15H19N3O/c1-15(16,12-9-3-2-4-10-12)14-17-13(18-19-14)11-7-5-6-8-11/h2-4,9-11H,5-8,16H2,1H3. The number of aromatic nitrogens is 2. The molecule has 0 bridgehead atoms. The van der Waals surface area contributed by atoms with Gasteiger partial charge in [0.25, 0.3) is 5.89 Å². The summed E-state index contributed by atoms with van der Waals surface area (Å²) in [4.78, 5) is 4.54. The van der Waals surface area contributed by atoms with Gasteiger partial charge in [0.15, 0.2) is 5.82 Å². The molecule has 2 aromatic rings. The van der Waals surface area contributed by atoms with Gasteiger partial charge in [-0.05, 0) is 25.3 Å². The van der Waals surface area contributed by atoms with Crippen molar-refractivity contribution in [3.05, 3.63) is 47.6 Å². The third-order valence-electron chi connectivity index (χ3n) is 3.98. The maximum Gasteiger partial charge on any atom is 0.251 e. The second kappa shape index (κ2) is 4.78. The van der Waals surface area contributed by atoms with Crippen LogP contribution in [0, 0.1) is 0 Å². The van der Waals surface area contributed by atoms with Crippen LogP contribution >= 0.6 is 0 Å². The summed E-state index contributed by atoms with van der Waals surface area (Å²) >= 11 is 0. The Bertz CT molecular complexity index is 542. The second-order valence-electron chi connectivity index (χ2n) is 5.51. The van der Waals surface area contributed by atoms with Gasteiger partial charge < -0.3 is 10.3 Å². The van der Waals surface area contributed by atoms with Gasteiger partial charge in [0.05, 0.1) is 0 Å². The molecular weight excluding hydrogens is 238 g/mol. The molecule has 0 saturated heterocycles. The van der Waals surface area contributed by atoms with Gasteiger partial charge in [0, 0.05) is 5.92 Å². The van der Waals surface area contributed by atoms with Crippen molar-refractivity contribution in [3.63, 3.8) is 0 Å². The summed E-state index contributed by atoms with van der Waals surface area (Å²) in [5.74, 6) is 1.77. The van der Waals surface area contributed by atoms with E-state index in [2.05, 4.69) is 10.1 Å². The van der Waals surface area contributed by atoms with E-state index in [9.17, 15) is 0 Å². The molecule has 4 nitrogen and oxygen atoms in total. The van der Waals surface area contributed by atoms with E-state index in [0.717, 1.165) is 24.2 Å². The predicted octanol–water partition coefficient (Wildman–Crippen LogP) is 2.95. The van der Waals surface area contributed by atoms with E-state index in [4.69, 9.17) is 10.3 Å². The van der Waals surface area contributed by atoms with Crippen LogP contribution in [0.1, 0.15) is 55.8 Å². The third-order valence-corrected chi connectivity index (χ3v) is 3.98. The molecule has 0 spiro atoms. The number of benzene rings is 1. The lowest BCUT2D eigenvalue weighted by Gasteiger charge is -2.20. The summed E-state index contributed by atoms with van der Waals surface area (Å²) in [6, 6.07) is 9.87. The van der Waals surface area contributed by atoms with Gasteiger partial charge in [-0.3, -0.25) is 0 Å². The molecule has 0 radical (unpaired) electrons. The van der Waals surface area contributed by atoms with Crippen molar-refractivity contribution in [1.82, 2.24) is 10.1 Å². The topological polar surface area (TPSA) is 64.9 Å². The molecular formula is C15H19N3O. The minimum Gasteiger partial charge on any atom is -0.337 e. The highest BCUT2D eigenvalue weighted by Crippen LogP contribution is 2.33. The van der Waals surface area contributed by atoms with Crippen molar-refractivity contribution in [2.24, 2.45) is 5.73 Å². The van der Waals surface area contributed by atoms with Crippen molar-refractivity contribution in [2.75, 3.05) is 0 Å². The zero-order chi connectivity index (χ0) is 13.3. The maximum atomic E-state index is 6.38. The van der Waals surface area contributed by atoms with Crippen LogP contribution in [-0.2, 0) is 5.54 Å². The molecule has 100 valence electrons. The van der Waals surface area contributed by atoms with Crippen LogP contribution in [0.3, 0.4) is 0 Å². The van der Waals surface area contributed by atoms with Crippen LogP contribution in [0.2, 0.25) is 0 Å². The molecule has 1 unspecified atom stereocenters. The van der Waals surface area contributed by atoms with Gasteiger partial charge >= 0.3 is 0 Å². The van der Waals surface area contributed by atoms with E-state index in [-0.39, 0.29) is 0 Å². The van der Waals surface area contributed by atoms with Gasteiger partial charge in [-0.15, -0.1) is 0 Å². The second-order valence-corrected chi connectivity index (χ2v) is 5.51. The van der Waals surface area contributed by atoms with Crippen LogP contribution in [0.25, 0.3) is 0 Å². The van der Waals surface area contributed by atoms with Crippen LogP contribution < -0.4 is 5.73 Å². The Morgan fingerprint density at radius 2 is 1.89 bits per heavy atom. The molecule has 1 atom stereocenters. The molecule has 1 aromatic carbocycles. The summed E-state index contributed by atoms with van der Waals surface area (Å²) in [6.45, 7) is 1.91. The fraction of sp³-hybridized carbons (Fsp3) is 0.467. The van der Waals surface area contributed by atoms with Crippen LogP contribution in [0.4, 0.5) is 0 Å². The molecule has 2 N–H and O–H groups in total. The highest BCUT2D eigenvalue weighted by atomic mass is 16.5. The fourth-order valence-electron chi connectivity index (χ4n) is 2.70. The van der Waals surface area contributed by atoms with E-state index < -0.39 is 5.54 Å². The Kier molecular flexibility index (Phi) is 3.11. The van der Waals surface area contributed by atoms with Crippen molar-refractivity contribution >= 4 is 0 Å². The molecule has 1 aromatic heterocycles. The SMILES string of the molecule is CC(N)(c1ccccc1)c1nc(C2CCCC2)no1. The summed E-state index contributed by atoms with van der Waals surface area (Å²) in [7, 11) is 0.